The van der Waals surface area contributed by atoms with Crippen molar-refractivity contribution in [2.24, 2.45) is 5.73 Å². The molecule has 1 atom stereocenters. The molecule has 1 heterocycles. The van der Waals surface area contributed by atoms with Crippen LogP contribution >= 0.6 is 0 Å². The van der Waals surface area contributed by atoms with Gasteiger partial charge in [-0.15, -0.1) is 0 Å². The van der Waals surface area contributed by atoms with Crippen molar-refractivity contribution in [1.29, 1.82) is 0 Å². The quantitative estimate of drug-likeness (QED) is 0.663. The second kappa shape index (κ2) is 5.01. The number of aromatic nitrogens is 2. The molecule has 0 bridgehead atoms. The number of nitrogens with two attached hydrogens (primary N) is 1. The van der Waals surface area contributed by atoms with Gasteiger partial charge in [-0.1, -0.05) is 6.92 Å². The molecular formula is C13H15FN4O2. The number of halogens is 1. The summed E-state index contributed by atoms with van der Waals surface area (Å²) >= 11 is 0. The Morgan fingerprint density at radius 1 is 1.55 bits per heavy atom. The van der Waals surface area contributed by atoms with Gasteiger partial charge < -0.3 is 10.7 Å². The van der Waals surface area contributed by atoms with E-state index in [0.29, 0.717) is 23.5 Å². The summed E-state index contributed by atoms with van der Waals surface area (Å²) in [6.45, 7) is 3.77. The fourth-order valence-corrected chi connectivity index (χ4v) is 1.75. The lowest BCUT2D eigenvalue weighted by molar-refractivity contribution is -0.387. The first-order valence-corrected chi connectivity index (χ1v) is 6.14. The second-order valence-corrected chi connectivity index (χ2v) is 4.84. The number of H-pyrrole nitrogens is 1. The molecule has 106 valence electrons. The number of imidazole rings is 1. The minimum Gasteiger partial charge on any atom is -0.340 e. The standard InChI is InChI=1S/C13H15FN4O2/c1-3-13(2,15)12-16-7-10(17-12)8-4-5-9(14)11(6-8)18(19)20/h4-7H,3,15H2,1-2H3,(H,16,17). The molecule has 0 spiro atoms. The maximum absolute atomic E-state index is 13.3. The van der Waals surface area contributed by atoms with E-state index >= 15 is 0 Å². The Balaban J connectivity index is 2.43. The molecule has 2 rings (SSSR count). The molecule has 2 aromatic rings. The number of benzene rings is 1. The normalized spacial score (nSPS) is 14.0. The average Bonchev–Trinajstić information content (AvgIpc) is 2.89. The Labute approximate surface area is 115 Å². The summed E-state index contributed by atoms with van der Waals surface area (Å²) in [5, 5.41) is 10.7. The maximum atomic E-state index is 13.3. The summed E-state index contributed by atoms with van der Waals surface area (Å²) in [5.41, 5.74) is 5.95. The van der Waals surface area contributed by atoms with Crippen molar-refractivity contribution in [2.45, 2.75) is 25.8 Å². The highest BCUT2D eigenvalue weighted by Gasteiger charge is 2.23. The van der Waals surface area contributed by atoms with Gasteiger partial charge >= 0.3 is 5.69 Å². The zero-order chi connectivity index (χ0) is 14.9. The van der Waals surface area contributed by atoms with Crippen molar-refractivity contribution in [3.63, 3.8) is 0 Å². The minimum atomic E-state index is -0.865. The number of aromatic amines is 1. The monoisotopic (exact) mass is 278 g/mol. The third-order valence-corrected chi connectivity index (χ3v) is 3.31. The maximum Gasteiger partial charge on any atom is 0.305 e. The molecule has 0 radical (unpaired) electrons. The molecule has 0 aliphatic carbocycles. The number of nitrogens with zero attached hydrogens (tertiary/aromatic N) is 2. The molecule has 1 unspecified atom stereocenters. The van der Waals surface area contributed by atoms with Gasteiger partial charge in [0.05, 0.1) is 22.4 Å². The summed E-state index contributed by atoms with van der Waals surface area (Å²) in [4.78, 5) is 17.2. The van der Waals surface area contributed by atoms with E-state index in [1.165, 1.54) is 18.3 Å². The summed E-state index contributed by atoms with van der Waals surface area (Å²) in [7, 11) is 0. The fourth-order valence-electron chi connectivity index (χ4n) is 1.75. The molecule has 0 aliphatic rings. The topological polar surface area (TPSA) is 97.8 Å². The first-order chi connectivity index (χ1) is 9.35. The smallest absolute Gasteiger partial charge is 0.305 e. The van der Waals surface area contributed by atoms with Gasteiger partial charge in [-0.25, -0.2) is 4.98 Å². The summed E-state index contributed by atoms with van der Waals surface area (Å²) in [6.07, 6.45) is 2.22. The molecule has 3 N–H and O–H groups in total. The van der Waals surface area contributed by atoms with Crippen LogP contribution in [0.15, 0.2) is 24.4 Å². The first kappa shape index (κ1) is 14.1. The van der Waals surface area contributed by atoms with E-state index in [0.717, 1.165) is 6.07 Å². The van der Waals surface area contributed by atoms with Crippen LogP contribution in [-0.4, -0.2) is 14.9 Å². The van der Waals surface area contributed by atoms with Gasteiger partial charge in [-0.2, -0.15) is 4.39 Å². The van der Waals surface area contributed by atoms with E-state index in [1.54, 1.807) is 0 Å². The predicted molar refractivity (Wildman–Crippen MR) is 72.5 cm³/mol. The first-order valence-electron chi connectivity index (χ1n) is 6.14. The Kier molecular flexibility index (Phi) is 3.54. The molecule has 20 heavy (non-hydrogen) atoms. The number of rotatable bonds is 4. The number of nitrogens with one attached hydrogen (secondary N) is 1. The van der Waals surface area contributed by atoms with Crippen LogP contribution in [0.3, 0.4) is 0 Å². The van der Waals surface area contributed by atoms with Crippen molar-refractivity contribution in [1.82, 2.24) is 9.97 Å². The Morgan fingerprint density at radius 3 is 2.85 bits per heavy atom. The Bertz CT molecular complexity index is 652. The number of nitro groups is 1. The average molecular weight is 278 g/mol. The van der Waals surface area contributed by atoms with Gasteiger partial charge in [-0.05, 0) is 25.5 Å². The summed E-state index contributed by atoms with van der Waals surface area (Å²) < 4.78 is 13.3. The lowest BCUT2D eigenvalue weighted by Crippen LogP contribution is -2.33. The van der Waals surface area contributed by atoms with Crippen LogP contribution < -0.4 is 5.73 Å². The van der Waals surface area contributed by atoms with Crippen molar-refractivity contribution in [3.05, 3.63) is 46.2 Å². The molecule has 0 fully saturated rings. The molecular weight excluding hydrogens is 263 g/mol. The van der Waals surface area contributed by atoms with E-state index in [4.69, 9.17) is 5.73 Å². The van der Waals surface area contributed by atoms with E-state index in [1.807, 2.05) is 13.8 Å². The van der Waals surface area contributed by atoms with Gasteiger partial charge in [0.25, 0.3) is 0 Å². The van der Waals surface area contributed by atoms with E-state index < -0.39 is 22.0 Å². The number of hydrogen-bond donors (Lipinski definition) is 2. The molecule has 1 aromatic heterocycles. The zero-order valence-corrected chi connectivity index (χ0v) is 11.2. The highest BCUT2D eigenvalue weighted by atomic mass is 19.1. The third-order valence-electron chi connectivity index (χ3n) is 3.31. The highest BCUT2D eigenvalue weighted by Crippen LogP contribution is 2.27. The predicted octanol–water partition coefficient (Wildman–Crippen LogP) is 2.71. The number of nitro benzene ring substituents is 1. The largest absolute Gasteiger partial charge is 0.340 e. The summed E-state index contributed by atoms with van der Waals surface area (Å²) in [5.74, 6) is -0.280. The van der Waals surface area contributed by atoms with Gasteiger partial charge in [0, 0.05) is 11.6 Å². The fraction of sp³-hybridized carbons (Fsp3) is 0.308. The van der Waals surface area contributed by atoms with E-state index in [-0.39, 0.29) is 0 Å². The van der Waals surface area contributed by atoms with E-state index in [9.17, 15) is 14.5 Å². The van der Waals surface area contributed by atoms with Gasteiger partial charge in [-0.3, -0.25) is 10.1 Å². The van der Waals surface area contributed by atoms with Crippen LogP contribution in [0.4, 0.5) is 10.1 Å². The van der Waals surface area contributed by atoms with Gasteiger partial charge in [0.2, 0.25) is 5.82 Å². The zero-order valence-electron chi connectivity index (χ0n) is 11.2. The van der Waals surface area contributed by atoms with Gasteiger partial charge in [0.1, 0.15) is 5.82 Å². The lowest BCUT2D eigenvalue weighted by Gasteiger charge is -2.19. The van der Waals surface area contributed by atoms with Crippen molar-refractivity contribution in [3.8, 4) is 11.3 Å². The molecule has 0 aliphatic heterocycles. The van der Waals surface area contributed by atoms with Crippen molar-refractivity contribution in [2.75, 3.05) is 0 Å². The SMILES string of the molecule is CCC(C)(N)c1ncc(-c2ccc(F)c([N+](=O)[O-])c2)[nH]1. The molecule has 6 nitrogen and oxygen atoms in total. The Hall–Kier alpha value is -2.28. The van der Waals surface area contributed by atoms with Crippen LogP contribution in [0.2, 0.25) is 0 Å². The van der Waals surface area contributed by atoms with Crippen LogP contribution in [0.1, 0.15) is 26.1 Å². The molecule has 7 heteroatoms. The van der Waals surface area contributed by atoms with Gasteiger partial charge in [0.15, 0.2) is 0 Å². The van der Waals surface area contributed by atoms with E-state index in [2.05, 4.69) is 9.97 Å². The van der Waals surface area contributed by atoms with Crippen LogP contribution in [0.25, 0.3) is 11.3 Å². The van der Waals surface area contributed by atoms with Crippen LogP contribution in [0, 0.1) is 15.9 Å². The van der Waals surface area contributed by atoms with Crippen LogP contribution in [0.5, 0.6) is 0 Å². The lowest BCUT2D eigenvalue weighted by atomic mass is 10.00. The molecule has 0 saturated carbocycles. The molecule has 0 saturated heterocycles. The molecule has 1 aromatic carbocycles. The summed E-state index contributed by atoms with van der Waals surface area (Å²) in [6, 6.07) is 3.70. The second-order valence-electron chi connectivity index (χ2n) is 4.84. The highest BCUT2D eigenvalue weighted by molar-refractivity contribution is 5.62. The van der Waals surface area contributed by atoms with Crippen molar-refractivity contribution >= 4 is 5.69 Å². The Morgan fingerprint density at radius 2 is 2.25 bits per heavy atom. The van der Waals surface area contributed by atoms with Crippen molar-refractivity contribution < 1.29 is 9.31 Å². The van der Waals surface area contributed by atoms with Crippen LogP contribution in [-0.2, 0) is 5.54 Å². The molecule has 0 amide bonds. The number of hydrogen-bond acceptors (Lipinski definition) is 4. The third kappa shape index (κ3) is 2.53. The minimum absolute atomic E-state index is 0.490.